The van der Waals surface area contributed by atoms with Gasteiger partial charge in [-0.05, 0) is 38.5 Å². The van der Waals surface area contributed by atoms with Crippen LogP contribution in [0.25, 0.3) is 21.2 Å². The minimum absolute atomic E-state index is 0.161. The number of hydrogen-bond acceptors (Lipinski definition) is 7. The van der Waals surface area contributed by atoms with Gasteiger partial charge in [0.2, 0.25) is 5.91 Å². The maximum atomic E-state index is 12.7. The summed E-state index contributed by atoms with van der Waals surface area (Å²) in [5, 5.41) is 5.37. The molecular formula is C21H19N3O3S2. The van der Waals surface area contributed by atoms with E-state index < -0.39 is 0 Å². The quantitative estimate of drug-likeness (QED) is 0.265. The summed E-state index contributed by atoms with van der Waals surface area (Å²) in [6.07, 6.45) is 0. The standard InChI is InChI=1S/C21H19N3O3S2/c1-10-12(3)29-21-17(10)20(22-13(4)23-21)28-9-16(26)24-18-14-7-5-6-8-15(14)27-19(18)11(2)25/h5-8H,9H2,1-4H3,(H,24,26). The number of nitrogens with one attached hydrogen (secondary N) is 1. The van der Waals surface area contributed by atoms with Crippen LogP contribution in [0.15, 0.2) is 33.7 Å². The van der Waals surface area contributed by atoms with E-state index in [1.807, 2.05) is 32.0 Å². The van der Waals surface area contributed by atoms with Gasteiger partial charge in [0, 0.05) is 22.6 Å². The zero-order valence-electron chi connectivity index (χ0n) is 16.5. The second kappa shape index (κ2) is 7.61. The van der Waals surface area contributed by atoms with Gasteiger partial charge in [0.25, 0.3) is 0 Å². The Morgan fingerprint density at radius 2 is 1.93 bits per heavy atom. The Kier molecular flexibility index (Phi) is 5.14. The molecular weight excluding hydrogens is 406 g/mol. The molecule has 0 aliphatic heterocycles. The summed E-state index contributed by atoms with van der Waals surface area (Å²) >= 11 is 3.01. The van der Waals surface area contributed by atoms with Crippen molar-refractivity contribution in [1.29, 1.82) is 0 Å². The van der Waals surface area contributed by atoms with Crippen LogP contribution in [-0.2, 0) is 4.79 Å². The molecule has 4 rings (SSSR count). The van der Waals surface area contributed by atoms with Gasteiger partial charge in [0.05, 0.1) is 11.4 Å². The smallest absolute Gasteiger partial charge is 0.234 e. The Bertz CT molecular complexity index is 1270. The number of Topliss-reactive ketones (excluding diaryl/α,β-unsaturated/α-hetero) is 1. The third-order valence-electron chi connectivity index (χ3n) is 4.63. The summed E-state index contributed by atoms with van der Waals surface area (Å²) in [4.78, 5) is 35.8. The molecule has 0 atom stereocenters. The molecule has 0 radical (unpaired) electrons. The molecule has 0 aliphatic carbocycles. The molecule has 0 saturated heterocycles. The number of aromatic nitrogens is 2. The van der Waals surface area contributed by atoms with Crippen LogP contribution in [0.1, 0.15) is 33.7 Å². The average Bonchev–Trinajstić information content (AvgIpc) is 3.17. The van der Waals surface area contributed by atoms with Gasteiger partial charge in [-0.3, -0.25) is 9.59 Å². The van der Waals surface area contributed by atoms with Gasteiger partial charge in [0.15, 0.2) is 11.5 Å². The van der Waals surface area contributed by atoms with Gasteiger partial charge in [-0.2, -0.15) is 0 Å². The van der Waals surface area contributed by atoms with Crippen LogP contribution in [0.3, 0.4) is 0 Å². The van der Waals surface area contributed by atoms with Gasteiger partial charge in [0.1, 0.15) is 21.3 Å². The van der Waals surface area contributed by atoms with Crippen LogP contribution < -0.4 is 5.32 Å². The number of benzene rings is 1. The monoisotopic (exact) mass is 425 g/mol. The van der Waals surface area contributed by atoms with Crippen molar-refractivity contribution in [1.82, 2.24) is 9.97 Å². The zero-order chi connectivity index (χ0) is 20.7. The van der Waals surface area contributed by atoms with E-state index in [9.17, 15) is 9.59 Å². The molecule has 8 heteroatoms. The minimum Gasteiger partial charge on any atom is -0.451 e. The Balaban J connectivity index is 1.59. The second-order valence-electron chi connectivity index (χ2n) is 6.73. The molecule has 1 amide bonds. The highest BCUT2D eigenvalue weighted by molar-refractivity contribution is 8.00. The van der Waals surface area contributed by atoms with Crippen molar-refractivity contribution in [3.05, 3.63) is 46.3 Å². The molecule has 1 aromatic carbocycles. The van der Waals surface area contributed by atoms with Crippen molar-refractivity contribution in [2.75, 3.05) is 11.1 Å². The van der Waals surface area contributed by atoms with E-state index in [-0.39, 0.29) is 23.2 Å². The Morgan fingerprint density at radius 3 is 2.69 bits per heavy atom. The third kappa shape index (κ3) is 3.65. The van der Waals surface area contributed by atoms with Gasteiger partial charge in [-0.15, -0.1) is 11.3 Å². The molecule has 0 unspecified atom stereocenters. The first-order valence-corrected chi connectivity index (χ1v) is 10.8. The fraction of sp³-hybridized carbons (Fsp3) is 0.238. The van der Waals surface area contributed by atoms with Crippen LogP contribution in [0, 0.1) is 20.8 Å². The number of thioether (sulfide) groups is 1. The van der Waals surface area contributed by atoms with E-state index in [1.54, 1.807) is 17.4 Å². The average molecular weight is 426 g/mol. The predicted molar refractivity (Wildman–Crippen MR) is 117 cm³/mol. The number of hydrogen-bond donors (Lipinski definition) is 1. The third-order valence-corrected chi connectivity index (χ3v) is 6.70. The summed E-state index contributed by atoms with van der Waals surface area (Å²) in [5.41, 5.74) is 2.14. The summed E-state index contributed by atoms with van der Waals surface area (Å²) < 4.78 is 5.63. The number of rotatable bonds is 5. The van der Waals surface area contributed by atoms with E-state index >= 15 is 0 Å². The molecule has 148 valence electrons. The lowest BCUT2D eigenvalue weighted by atomic mass is 10.2. The highest BCUT2D eigenvalue weighted by atomic mass is 32.2. The molecule has 0 spiro atoms. The van der Waals surface area contributed by atoms with Crippen molar-refractivity contribution < 1.29 is 14.0 Å². The first-order valence-electron chi connectivity index (χ1n) is 9.04. The number of fused-ring (bicyclic) bond motifs is 2. The molecule has 3 heterocycles. The predicted octanol–water partition coefficient (Wildman–Crippen LogP) is 5.30. The summed E-state index contributed by atoms with van der Waals surface area (Å²) in [6.45, 7) is 7.38. The second-order valence-corrected chi connectivity index (χ2v) is 8.90. The molecule has 6 nitrogen and oxygen atoms in total. The molecule has 1 N–H and O–H groups in total. The molecule has 0 fully saturated rings. The Morgan fingerprint density at radius 1 is 1.17 bits per heavy atom. The summed E-state index contributed by atoms with van der Waals surface area (Å²) in [7, 11) is 0. The van der Waals surface area contributed by atoms with Crippen molar-refractivity contribution in [3.8, 4) is 0 Å². The molecule has 0 saturated carbocycles. The zero-order valence-corrected chi connectivity index (χ0v) is 18.1. The minimum atomic E-state index is -0.235. The molecule has 4 aromatic rings. The summed E-state index contributed by atoms with van der Waals surface area (Å²) in [5.74, 6) is 0.548. The van der Waals surface area contributed by atoms with E-state index in [1.165, 1.54) is 23.6 Å². The van der Waals surface area contributed by atoms with Crippen LogP contribution in [-0.4, -0.2) is 27.4 Å². The number of para-hydroxylation sites is 1. The molecule has 3 aromatic heterocycles. The molecule has 29 heavy (non-hydrogen) atoms. The molecule has 0 bridgehead atoms. The molecule has 0 aliphatic rings. The number of nitrogens with zero attached hydrogens (tertiary/aromatic N) is 2. The largest absolute Gasteiger partial charge is 0.451 e. The SMILES string of the molecule is CC(=O)c1oc2ccccc2c1NC(=O)CSc1nc(C)nc2sc(C)c(C)c12. The first kappa shape index (κ1) is 19.6. The van der Waals surface area contributed by atoms with Crippen LogP contribution in [0.5, 0.6) is 0 Å². The number of aryl methyl sites for hydroxylation is 3. The van der Waals surface area contributed by atoms with Crippen molar-refractivity contribution in [2.24, 2.45) is 0 Å². The lowest BCUT2D eigenvalue weighted by Gasteiger charge is -2.07. The van der Waals surface area contributed by atoms with E-state index in [4.69, 9.17) is 4.42 Å². The van der Waals surface area contributed by atoms with E-state index in [0.29, 0.717) is 22.5 Å². The first-order chi connectivity index (χ1) is 13.8. The van der Waals surface area contributed by atoms with Gasteiger partial charge < -0.3 is 9.73 Å². The maximum Gasteiger partial charge on any atom is 0.234 e. The number of ketones is 1. The fourth-order valence-corrected chi connectivity index (χ4v) is 5.22. The Hall–Kier alpha value is -2.71. The number of anilines is 1. The van der Waals surface area contributed by atoms with Crippen molar-refractivity contribution in [3.63, 3.8) is 0 Å². The van der Waals surface area contributed by atoms with Crippen LogP contribution >= 0.6 is 23.1 Å². The number of carbonyl (C=O) groups excluding carboxylic acids is 2. The summed E-state index contributed by atoms with van der Waals surface area (Å²) in [6, 6.07) is 7.26. The highest BCUT2D eigenvalue weighted by Gasteiger charge is 2.20. The lowest BCUT2D eigenvalue weighted by molar-refractivity contribution is -0.113. The number of carbonyl (C=O) groups is 2. The van der Waals surface area contributed by atoms with Crippen molar-refractivity contribution >= 4 is 61.7 Å². The fourth-order valence-electron chi connectivity index (χ4n) is 3.15. The van der Waals surface area contributed by atoms with E-state index in [2.05, 4.69) is 22.2 Å². The van der Waals surface area contributed by atoms with Gasteiger partial charge in [-0.1, -0.05) is 23.9 Å². The van der Waals surface area contributed by atoms with Crippen LogP contribution in [0.4, 0.5) is 5.69 Å². The number of amides is 1. The number of thiophene rings is 1. The highest BCUT2D eigenvalue weighted by Crippen LogP contribution is 2.35. The Labute approximate surface area is 175 Å². The topological polar surface area (TPSA) is 85.1 Å². The van der Waals surface area contributed by atoms with Crippen molar-refractivity contribution in [2.45, 2.75) is 32.7 Å². The maximum absolute atomic E-state index is 12.7. The van der Waals surface area contributed by atoms with Crippen LogP contribution in [0.2, 0.25) is 0 Å². The van der Waals surface area contributed by atoms with Gasteiger partial charge in [-0.25, -0.2) is 9.97 Å². The lowest BCUT2D eigenvalue weighted by Crippen LogP contribution is -2.15. The normalized spacial score (nSPS) is 11.3. The number of furan rings is 1. The van der Waals surface area contributed by atoms with Gasteiger partial charge >= 0.3 is 0 Å². The van der Waals surface area contributed by atoms with E-state index in [0.717, 1.165) is 20.8 Å².